The molecule has 3 atom stereocenters. The van der Waals surface area contributed by atoms with Crippen molar-refractivity contribution in [1.29, 1.82) is 0 Å². The summed E-state index contributed by atoms with van der Waals surface area (Å²) in [6.07, 6.45) is 4.98. The van der Waals surface area contributed by atoms with Crippen LogP contribution in [-0.4, -0.2) is 6.04 Å². The van der Waals surface area contributed by atoms with Gasteiger partial charge >= 0.3 is 0 Å². The van der Waals surface area contributed by atoms with Crippen molar-refractivity contribution in [2.45, 2.75) is 73.3 Å². The number of benzene rings is 1. The van der Waals surface area contributed by atoms with Gasteiger partial charge in [0.15, 0.2) is 0 Å². The van der Waals surface area contributed by atoms with Crippen molar-refractivity contribution >= 4 is 0 Å². The predicted octanol–water partition coefficient (Wildman–Crippen LogP) is 4.94. The maximum absolute atomic E-state index is 6.51. The van der Waals surface area contributed by atoms with Gasteiger partial charge in [0.25, 0.3) is 0 Å². The van der Waals surface area contributed by atoms with E-state index in [1.807, 2.05) is 0 Å². The molecule has 0 aliphatic heterocycles. The molecule has 1 aromatic carbocycles. The molecule has 118 valence electrons. The predicted molar refractivity (Wildman–Crippen MR) is 92.6 cm³/mol. The molecule has 3 unspecified atom stereocenters. The molecule has 1 nitrogen and oxygen atoms in total. The Bertz CT molecular complexity index is 478. The van der Waals surface area contributed by atoms with E-state index in [0.29, 0.717) is 12.0 Å². The fraction of sp³-hybridized carbons (Fsp3) is 0.700. The lowest BCUT2D eigenvalue weighted by Gasteiger charge is -2.43. The zero-order chi connectivity index (χ0) is 15.8. The van der Waals surface area contributed by atoms with E-state index in [4.69, 9.17) is 5.73 Å². The second-order valence-corrected chi connectivity index (χ2v) is 8.23. The van der Waals surface area contributed by atoms with Crippen molar-refractivity contribution in [3.8, 4) is 0 Å². The molecule has 0 spiro atoms. The van der Waals surface area contributed by atoms with Crippen LogP contribution in [0.15, 0.2) is 12.1 Å². The van der Waals surface area contributed by atoms with Crippen LogP contribution in [0, 0.1) is 38.0 Å². The SMILES string of the molecule is Cc1cc(C)c(CC(C)(C)C2CCC(C)CC2N)c(C)c1. The zero-order valence-corrected chi connectivity index (χ0v) is 14.8. The number of nitrogens with two attached hydrogens (primary N) is 1. The van der Waals surface area contributed by atoms with Gasteiger partial charge in [0, 0.05) is 6.04 Å². The van der Waals surface area contributed by atoms with E-state index < -0.39 is 0 Å². The Labute approximate surface area is 131 Å². The van der Waals surface area contributed by atoms with Gasteiger partial charge in [-0.05, 0) is 74.0 Å². The van der Waals surface area contributed by atoms with Crippen LogP contribution in [0.1, 0.15) is 62.3 Å². The van der Waals surface area contributed by atoms with Gasteiger partial charge in [0.1, 0.15) is 0 Å². The molecule has 1 heteroatoms. The highest BCUT2D eigenvalue weighted by atomic mass is 14.7. The molecule has 0 aromatic heterocycles. The average Bonchev–Trinajstić information content (AvgIpc) is 2.33. The molecule has 0 radical (unpaired) electrons. The molecule has 1 aromatic rings. The standard InChI is InChI=1S/C20H33N/c1-13-7-8-18(19(21)11-13)20(5,6)12-17-15(3)9-14(2)10-16(17)4/h9-10,13,18-19H,7-8,11-12,21H2,1-6H3. The highest BCUT2D eigenvalue weighted by Gasteiger charge is 2.37. The van der Waals surface area contributed by atoms with Gasteiger partial charge in [0.05, 0.1) is 0 Å². The van der Waals surface area contributed by atoms with Crippen molar-refractivity contribution in [2.75, 3.05) is 0 Å². The van der Waals surface area contributed by atoms with Crippen LogP contribution in [0.2, 0.25) is 0 Å². The van der Waals surface area contributed by atoms with Crippen LogP contribution in [-0.2, 0) is 6.42 Å². The first-order valence-electron chi connectivity index (χ1n) is 8.53. The van der Waals surface area contributed by atoms with Gasteiger partial charge in [-0.3, -0.25) is 0 Å². The Morgan fingerprint density at radius 2 is 1.67 bits per heavy atom. The van der Waals surface area contributed by atoms with Gasteiger partial charge in [-0.25, -0.2) is 0 Å². The second-order valence-electron chi connectivity index (χ2n) is 8.23. The van der Waals surface area contributed by atoms with Gasteiger partial charge < -0.3 is 5.73 Å². The smallest absolute Gasteiger partial charge is 0.00749 e. The highest BCUT2D eigenvalue weighted by molar-refractivity contribution is 5.38. The van der Waals surface area contributed by atoms with Crippen LogP contribution in [0.25, 0.3) is 0 Å². The summed E-state index contributed by atoms with van der Waals surface area (Å²) in [6, 6.07) is 5.01. The minimum absolute atomic E-state index is 0.282. The number of aryl methyl sites for hydroxylation is 3. The van der Waals surface area contributed by atoms with Crippen LogP contribution < -0.4 is 5.73 Å². The van der Waals surface area contributed by atoms with E-state index in [-0.39, 0.29) is 5.41 Å². The highest BCUT2D eigenvalue weighted by Crippen LogP contribution is 2.42. The Morgan fingerprint density at radius 3 is 2.19 bits per heavy atom. The van der Waals surface area contributed by atoms with E-state index in [1.54, 1.807) is 0 Å². The first-order chi connectivity index (χ1) is 9.70. The van der Waals surface area contributed by atoms with Crippen LogP contribution in [0.4, 0.5) is 0 Å². The molecule has 1 fully saturated rings. The van der Waals surface area contributed by atoms with Crippen molar-refractivity contribution < 1.29 is 0 Å². The third kappa shape index (κ3) is 3.69. The van der Waals surface area contributed by atoms with Crippen molar-refractivity contribution in [1.82, 2.24) is 0 Å². The Kier molecular flexibility index (Phi) is 4.82. The van der Waals surface area contributed by atoms with E-state index in [1.165, 1.54) is 41.5 Å². The molecule has 21 heavy (non-hydrogen) atoms. The fourth-order valence-electron chi connectivity index (χ4n) is 4.47. The first-order valence-corrected chi connectivity index (χ1v) is 8.53. The van der Waals surface area contributed by atoms with E-state index in [9.17, 15) is 0 Å². The third-order valence-electron chi connectivity index (χ3n) is 5.64. The van der Waals surface area contributed by atoms with E-state index >= 15 is 0 Å². The molecule has 1 saturated carbocycles. The molecule has 0 bridgehead atoms. The van der Waals surface area contributed by atoms with Gasteiger partial charge in [0.2, 0.25) is 0 Å². The monoisotopic (exact) mass is 287 g/mol. The molecular weight excluding hydrogens is 254 g/mol. The van der Waals surface area contributed by atoms with Gasteiger partial charge in [-0.15, -0.1) is 0 Å². The molecule has 2 N–H and O–H groups in total. The lowest BCUT2D eigenvalue weighted by Crippen LogP contribution is -2.44. The summed E-state index contributed by atoms with van der Waals surface area (Å²) >= 11 is 0. The summed E-state index contributed by atoms with van der Waals surface area (Å²) in [5.74, 6) is 1.45. The largest absolute Gasteiger partial charge is 0.327 e. The number of hydrogen-bond donors (Lipinski definition) is 1. The molecule has 0 amide bonds. The van der Waals surface area contributed by atoms with Crippen molar-refractivity contribution in [3.63, 3.8) is 0 Å². The maximum Gasteiger partial charge on any atom is 0.00749 e. The van der Waals surface area contributed by atoms with E-state index in [2.05, 4.69) is 53.7 Å². The van der Waals surface area contributed by atoms with Crippen LogP contribution in [0.5, 0.6) is 0 Å². The minimum atomic E-state index is 0.282. The van der Waals surface area contributed by atoms with Crippen molar-refractivity contribution in [3.05, 3.63) is 34.4 Å². The number of rotatable bonds is 3. The Balaban J connectivity index is 2.21. The van der Waals surface area contributed by atoms with E-state index in [0.717, 1.165) is 12.3 Å². The average molecular weight is 287 g/mol. The van der Waals surface area contributed by atoms with Gasteiger partial charge in [-0.1, -0.05) is 44.9 Å². The summed E-state index contributed by atoms with van der Waals surface area (Å²) in [4.78, 5) is 0. The molecular formula is C20H33N. The summed E-state index contributed by atoms with van der Waals surface area (Å²) in [7, 11) is 0. The molecule has 0 heterocycles. The molecule has 2 rings (SSSR count). The summed E-state index contributed by atoms with van der Waals surface area (Å²) in [5.41, 5.74) is 12.6. The fourth-order valence-corrected chi connectivity index (χ4v) is 4.47. The summed E-state index contributed by atoms with van der Waals surface area (Å²) in [6.45, 7) is 13.9. The molecule has 1 aliphatic rings. The first kappa shape index (κ1) is 16.5. The minimum Gasteiger partial charge on any atom is -0.327 e. The lowest BCUT2D eigenvalue weighted by atomic mass is 9.64. The second kappa shape index (κ2) is 6.12. The summed E-state index contributed by atoms with van der Waals surface area (Å²) in [5, 5.41) is 0. The third-order valence-corrected chi connectivity index (χ3v) is 5.64. The quantitative estimate of drug-likeness (QED) is 0.837. The van der Waals surface area contributed by atoms with Crippen LogP contribution >= 0.6 is 0 Å². The normalized spacial score (nSPS) is 26.9. The number of hydrogen-bond acceptors (Lipinski definition) is 1. The maximum atomic E-state index is 6.51. The Morgan fingerprint density at radius 1 is 1.10 bits per heavy atom. The zero-order valence-electron chi connectivity index (χ0n) is 14.8. The molecule has 1 aliphatic carbocycles. The van der Waals surface area contributed by atoms with Crippen molar-refractivity contribution in [2.24, 2.45) is 23.0 Å². The topological polar surface area (TPSA) is 26.0 Å². The summed E-state index contributed by atoms with van der Waals surface area (Å²) < 4.78 is 0. The lowest BCUT2D eigenvalue weighted by molar-refractivity contribution is 0.113. The van der Waals surface area contributed by atoms with Crippen LogP contribution in [0.3, 0.4) is 0 Å². The van der Waals surface area contributed by atoms with Gasteiger partial charge in [-0.2, -0.15) is 0 Å². The molecule has 0 saturated heterocycles. The Hall–Kier alpha value is -0.820.